The summed E-state index contributed by atoms with van der Waals surface area (Å²) in [5, 5.41) is 0. The third kappa shape index (κ3) is 1.91. The highest BCUT2D eigenvalue weighted by Crippen LogP contribution is 2.23. The van der Waals surface area contributed by atoms with Crippen LogP contribution in [-0.4, -0.2) is 0 Å². The van der Waals surface area contributed by atoms with Crippen molar-refractivity contribution >= 4 is 33.9 Å². The van der Waals surface area contributed by atoms with Gasteiger partial charge in [-0.15, -0.1) is 11.3 Å². The molecule has 0 saturated carbocycles. The number of hydrazine groups is 1. The van der Waals surface area contributed by atoms with Crippen LogP contribution < -0.4 is 11.3 Å². The third-order valence-corrected chi connectivity index (χ3v) is 3.35. The van der Waals surface area contributed by atoms with Gasteiger partial charge in [0.2, 0.25) is 0 Å². The van der Waals surface area contributed by atoms with Crippen LogP contribution in [0.25, 0.3) is 0 Å². The second-order valence-electron chi connectivity index (χ2n) is 2.03. The molecule has 1 aromatic rings. The molecule has 1 atom stereocenters. The molecule has 0 bridgehead atoms. The molecule has 0 amide bonds. The lowest BCUT2D eigenvalue weighted by atomic mass is 10.3. The lowest BCUT2D eigenvalue weighted by Crippen LogP contribution is -2.24. The van der Waals surface area contributed by atoms with Crippen LogP contribution >= 0.6 is 33.9 Å². The van der Waals surface area contributed by atoms with Crippen molar-refractivity contribution in [3.05, 3.63) is 19.9 Å². The minimum Gasteiger partial charge on any atom is -0.271 e. The molecule has 0 spiro atoms. The van der Waals surface area contributed by atoms with Crippen LogP contribution in [0.5, 0.6) is 0 Å². The monoisotopic (exact) mass is 268 g/mol. The number of rotatable bonds is 2. The Kier molecular flexibility index (Phi) is 3.09. The SMILES string of the molecule is CC(NN)c1ccc(I)s1. The Morgan fingerprint density at radius 2 is 2.40 bits per heavy atom. The zero-order valence-corrected chi connectivity index (χ0v) is 8.57. The molecule has 10 heavy (non-hydrogen) atoms. The van der Waals surface area contributed by atoms with Crippen LogP contribution in [0.4, 0.5) is 0 Å². The molecule has 56 valence electrons. The first-order valence-corrected chi connectivity index (χ1v) is 4.85. The second-order valence-corrected chi connectivity index (χ2v) is 5.04. The molecule has 0 aliphatic carbocycles. The van der Waals surface area contributed by atoms with Gasteiger partial charge in [0.05, 0.1) is 8.93 Å². The Hall–Kier alpha value is 0.350. The summed E-state index contributed by atoms with van der Waals surface area (Å²) in [6.07, 6.45) is 0. The smallest absolute Gasteiger partial charge is 0.0656 e. The Morgan fingerprint density at radius 1 is 1.70 bits per heavy atom. The van der Waals surface area contributed by atoms with E-state index in [0.29, 0.717) is 0 Å². The maximum Gasteiger partial charge on any atom is 0.0656 e. The summed E-state index contributed by atoms with van der Waals surface area (Å²) in [5.74, 6) is 5.27. The molecule has 0 radical (unpaired) electrons. The molecule has 1 heterocycles. The molecule has 2 nitrogen and oxygen atoms in total. The van der Waals surface area contributed by atoms with Crippen LogP contribution in [0, 0.1) is 2.88 Å². The normalized spacial score (nSPS) is 13.5. The van der Waals surface area contributed by atoms with E-state index in [0.717, 1.165) is 0 Å². The summed E-state index contributed by atoms with van der Waals surface area (Å²) >= 11 is 4.06. The van der Waals surface area contributed by atoms with Crippen LogP contribution in [0.2, 0.25) is 0 Å². The zero-order chi connectivity index (χ0) is 7.56. The van der Waals surface area contributed by atoms with Crippen LogP contribution in [0.15, 0.2) is 12.1 Å². The van der Waals surface area contributed by atoms with Crippen LogP contribution in [-0.2, 0) is 0 Å². The Labute approximate surface area is 77.9 Å². The van der Waals surface area contributed by atoms with Crippen molar-refractivity contribution in [2.75, 3.05) is 0 Å². The number of nitrogens with two attached hydrogens (primary N) is 1. The molecule has 0 aliphatic rings. The van der Waals surface area contributed by atoms with Crippen molar-refractivity contribution < 1.29 is 0 Å². The first-order valence-electron chi connectivity index (χ1n) is 2.95. The Balaban J connectivity index is 2.74. The van der Waals surface area contributed by atoms with Gasteiger partial charge in [-0.05, 0) is 41.6 Å². The molecule has 1 rings (SSSR count). The molecule has 0 aliphatic heterocycles. The molecule has 0 fully saturated rings. The maximum absolute atomic E-state index is 5.27. The fraction of sp³-hybridized carbons (Fsp3) is 0.333. The van der Waals surface area contributed by atoms with E-state index < -0.39 is 0 Å². The van der Waals surface area contributed by atoms with Crippen molar-refractivity contribution in [2.24, 2.45) is 5.84 Å². The van der Waals surface area contributed by atoms with Gasteiger partial charge in [0.25, 0.3) is 0 Å². The minimum atomic E-state index is 0.272. The standard InChI is InChI=1S/C6H9IN2S/c1-4(9-8)5-2-3-6(7)10-5/h2-4,9H,8H2,1H3. The molecule has 0 aromatic carbocycles. The lowest BCUT2D eigenvalue weighted by Gasteiger charge is -2.04. The minimum absolute atomic E-state index is 0.272. The van der Waals surface area contributed by atoms with Gasteiger partial charge in [0.1, 0.15) is 0 Å². The molecular weight excluding hydrogens is 259 g/mol. The molecule has 1 aromatic heterocycles. The Morgan fingerprint density at radius 3 is 2.80 bits per heavy atom. The van der Waals surface area contributed by atoms with Crippen molar-refractivity contribution in [1.82, 2.24) is 5.43 Å². The Bertz CT molecular complexity index is 211. The van der Waals surface area contributed by atoms with E-state index >= 15 is 0 Å². The van der Waals surface area contributed by atoms with Gasteiger partial charge in [0.15, 0.2) is 0 Å². The number of halogens is 1. The first kappa shape index (κ1) is 8.45. The van der Waals surface area contributed by atoms with Crippen molar-refractivity contribution in [1.29, 1.82) is 0 Å². The average molecular weight is 268 g/mol. The summed E-state index contributed by atoms with van der Waals surface area (Å²) < 4.78 is 1.30. The first-order chi connectivity index (χ1) is 4.74. The second kappa shape index (κ2) is 3.66. The van der Waals surface area contributed by atoms with E-state index in [1.807, 2.05) is 6.92 Å². The number of nitrogens with one attached hydrogen (secondary N) is 1. The predicted octanol–water partition coefficient (Wildman–Crippen LogP) is 1.88. The van der Waals surface area contributed by atoms with Crippen molar-refractivity contribution in [2.45, 2.75) is 13.0 Å². The van der Waals surface area contributed by atoms with Gasteiger partial charge in [-0.2, -0.15) is 0 Å². The van der Waals surface area contributed by atoms with Crippen LogP contribution in [0.1, 0.15) is 17.8 Å². The summed E-state index contributed by atoms with van der Waals surface area (Å²) in [6, 6.07) is 4.46. The van der Waals surface area contributed by atoms with E-state index in [-0.39, 0.29) is 6.04 Å². The molecule has 0 saturated heterocycles. The van der Waals surface area contributed by atoms with E-state index in [4.69, 9.17) is 5.84 Å². The van der Waals surface area contributed by atoms with Crippen molar-refractivity contribution in [3.63, 3.8) is 0 Å². The van der Waals surface area contributed by atoms with Gasteiger partial charge in [-0.1, -0.05) is 0 Å². The summed E-state index contributed by atoms with van der Waals surface area (Å²) in [4.78, 5) is 1.28. The molecular formula is C6H9IN2S. The third-order valence-electron chi connectivity index (χ3n) is 1.27. The molecule has 3 N–H and O–H groups in total. The number of hydrogen-bond donors (Lipinski definition) is 2. The van der Waals surface area contributed by atoms with E-state index in [1.165, 1.54) is 7.76 Å². The topological polar surface area (TPSA) is 38.0 Å². The van der Waals surface area contributed by atoms with Gasteiger partial charge in [0, 0.05) is 4.88 Å². The highest BCUT2D eigenvalue weighted by atomic mass is 127. The van der Waals surface area contributed by atoms with E-state index in [2.05, 4.69) is 40.1 Å². The molecule has 1 unspecified atom stereocenters. The maximum atomic E-state index is 5.27. The highest BCUT2D eigenvalue weighted by Gasteiger charge is 2.03. The average Bonchev–Trinajstić information content (AvgIpc) is 2.34. The largest absolute Gasteiger partial charge is 0.271 e. The number of hydrogen-bond acceptors (Lipinski definition) is 3. The summed E-state index contributed by atoms with van der Waals surface area (Å²) in [6.45, 7) is 2.04. The highest BCUT2D eigenvalue weighted by molar-refractivity contribution is 14.1. The fourth-order valence-electron chi connectivity index (χ4n) is 0.643. The fourth-order valence-corrected chi connectivity index (χ4v) is 2.33. The summed E-state index contributed by atoms with van der Waals surface area (Å²) in [7, 11) is 0. The van der Waals surface area contributed by atoms with E-state index in [9.17, 15) is 0 Å². The van der Waals surface area contributed by atoms with Gasteiger partial charge < -0.3 is 0 Å². The molecule has 4 heteroatoms. The van der Waals surface area contributed by atoms with Crippen LogP contribution in [0.3, 0.4) is 0 Å². The quantitative estimate of drug-likeness (QED) is 0.488. The number of thiophene rings is 1. The van der Waals surface area contributed by atoms with Gasteiger partial charge in [-0.3, -0.25) is 11.3 Å². The van der Waals surface area contributed by atoms with E-state index in [1.54, 1.807) is 11.3 Å². The van der Waals surface area contributed by atoms with Gasteiger partial charge >= 0.3 is 0 Å². The van der Waals surface area contributed by atoms with Crippen molar-refractivity contribution in [3.8, 4) is 0 Å². The summed E-state index contributed by atoms with van der Waals surface area (Å²) in [5.41, 5.74) is 2.70. The van der Waals surface area contributed by atoms with Gasteiger partial charge in [-0.25, -0.2) is 0 Å². The lowest BCUT2D eigenvalue weighted by molar-refractivity contribution is 0.612. The predicted molar refractivity (Wildman–Crippen MR) is 52.8 cm³/mol. The zero-order valence-electron chi connectivity index (χ0n) is 5.60.